The number of carbonyl (C=O) groups is 2. The van der Waals surface area contributed by atoms with Crippen molar-refractivity contribution in [2.75, 3.05) is 22.9 Å². The minimum absolute atomic E-state index is 0.0781. The number of thiazole rings is 1. The molecule has 2 aromatic rings. The lowest BCUT2D eigenvalue weighted by molar-refractivity contribution is -0.118. The Bertz CT molecular complexity index is 830. The van der Waals surface area contributed by atoms with Gasteiger partial charge < -0.3 is 4.90 Å². The van der Waals surface area contributed by atoms with E-state index in [-0.39, 0.29) is 18.2 Å². The van der Waals surface area contributed by atoms with Gasteiger partial charge in [0.15, 0.2) is 5.13 Å². The summed E-state index contributed by atoms with van der Waals surface area (Å²) in [5, 5.41) is 2.62. The number of carbonyl (C=O) groups excluding carboxylic acids is 2. The molecule has 1 aromatic carbocycles. The van der Waals surface area contributed by atoms with Gasteiger partial charge in [-0.1, -0.05) is 17.7 Å². The van der Waals surface area contributed by atoms with E-state index in [0.717, 1.165) is 48.9 Å². The van der Waals surface area contributed by atoms with Crippen LogP contribution in [0, 0.1) is 6.92 Å². The van der Waals surface area contributed by atoms with E-state index in [0.29, 0.717) is 6.42 Å². The predicted octanol–water partition coefficient (Wildman–Crippen LogP) is 3.10. The fourth-order valence-corrected chi connectivity index (χ4v) is 4.45. The van der Waals surface area contributed by atoms with Crippen molar-refractivity contribution in [1.29, 1.82) is 0 Å². The van der Waals surface area contributed by atoms with E-state index >= 15 is 0 Å². The number of rotatable bonds is 3. The van der Waals surface area contributed by atoms with Gasteiger partial charge in [-0.2, -0.15) is 0 Å². The van der Waals surface area contributed by atoms with Crippen LogP contribution in [-0.4, -0.2) is 29.9 Å². The number of fused-ring (bicyclic) bond motifs is 1. The minimum atomic E-state index is 0.0781. The molecule has 0 saturated carbocycles. The Morgan fingerprint density at radius 3 is 2.88 bits per heavy atom. The zero-order valence-corrected chi connectivity index (χ0v) is 15.1. The highest BCUT2D eigenvalue weighted by molar-refractivity contribution is 7.14. The van der Waals surface area contributed by atoms with E-state index in [4.69, 9.17) is 0 Å². The van der Waals surface area contributed by atoms with Gasteiger partial charge in [-0.25, -0.2) is 4.98 Å². The number of benzene rings is 1. The second-order valence-electron chi connectivity index (χ2n) is 6.73. The number of anilines is 2. The van der Waals surface area contributed by atoms with Crippen molar-refractivity contribution in [3.8, 4) is 0 Å². The molecule has 0 radical (unpaired) electrons. The van der Waals surface area contributed by atoms with Crippen molar-refractivity contribution in [3.63, 3.8) is 0 Å². The Hall–Kier alpha value is -2.21. The molecule has 0 N–H and O–H groups in total. The first-order chi connectivity index (χ1) is 12.1. The Morgan fingerprint density at radius 1 is 1.24 bits per heavy atom. The smallest absolute Gasteiger partial charge is 0.233 e. The Balaban J connectivity index is 1.50. The lowest BCUT2D eigenvalue weighted by atomic mass is 9.99. The highest BCUT2D eigenvalue weighted by atomic mass is 32.1. The maximum Gasteiger partial charge on any atom is 0.233 e. The average molecular weight is 355 g/mol. The number of amides is 2. The van der Waals surface area contributed by atoms with Crippen molar-refractivity contribution in [3.05, 3.63) is 40.4 Å². The van der Waals surface area contributed by atoms with Gasteiger partial charge in [0.25, 0.3) is 0 Å². The van der Waals surface area contributed by atoms with Gasteiger partial charge in [0, 0.05) is 30.6 Å². The van der Waals surface area contributed by atoms with E-state index in [2.05, 4.69) is 30.1 Å². The second kappa shape index (κ2) is 6.59. The molecule has 130 valence electrons. The van der Waals surface area contributed by atoms with Gasteiger partial charge in [0.05, 0.1) is 12.1 Å². The van der Waals surface area contributed by atoms with Crippen molar-refractivity contribution in [2.24, 2.45) is 0 Å². The van der Waals surface area contributed by atoms with Crippen LogP contribution in [0.2, 0.25) is 0 Å². The fourth-order valence-electron chi connectivity index (χ4n) is 3.59. The van der Waals surface area contributed by atoms with Gasteiger partial charge in [-0.15, -0.1) is 11.3 Å². The first-order valence-corrected chi connectivity index (χ1v) is 9.64. The molecule has 0 unspecified atom stereocenters. The molecule has 1 saturated heterocycles. The summed E-state index contributed by atoms with van der Waals surface area (Å²) in [5.41, 5.74) is 4.27. The highest BCUT2D eigenvalue weighted by Crippen LogP contribution is 2.29. The van der Waals surface area contributed by atoms with E-state index in [9.17, 15) is 9.59 Å². The van der Waals surface area contributed by atoms with Crippen LogP contribution in [0.15, 0.2) is 23.6 Å². The monoisotopic (exact) mass is 355 g/mol. The Kier molecular flexibility index (Phi) is 4.29. The summed E-state index contributed by atoms with van der Waals surface area (Å²) in [7, 11) is 0. The summed E-state index contributed by atoms with van der Waals surface area (Å²) in [4.78, 5) is 32.8. The zero-order chi connectivity index (χ0) is 17.4. The molecule has 5 nitrogen and oxygen atoms in total. The molecule has 2 amide bonds. The van der Waals surface area contributed by atoms with Crippen molar-refractivity contribution < 1.29 is 9.59 Å². The third-order valence-corrected chi connectivity index (χ3v) is 5.74. The van der Waals surface area contributed by atoms with Gasteiger partial charge >= 0.3 is 0 Å². The Morgan fingerprint density at radius 2 is 2.08 bits per heavy atom. The van der Waals surface area contributed by atoms with E-state index in [1.165, 1.54) is 22.5 Å². The third-order valence-electron chi connectivity index (χ3n) is 4.83. The van der Waals surface area contributed by atoms with E-state index in [1.807, 2.05) is 10.3 Å². The van der Waals surface area contributed by atoms with Gasteiger partial charge in [-0.05, 0) is 37.8 Å². The van der Waals surface area contributed by atoms with Crippen LogP contribution < -0.4 is 9.80 Å². The molecule has 2 aliphatic rings. The molecular weight excluding hydrogens is 334 g/mol. The summed E-state index contributed by atoms with van der Waals surface area (Å²) in [5.74, 6) is 0.210. The van der Waals surface area contributed by atoms with Crippen molar-refractivity contribution >= 4 is 34.0 Å². The molecule has 2 aliphatic heterocycles. The molecule has 3 heterocycles. The maximum absolute atomic E-state index is 12.8. The van der Waals surface area contributed by atoms with E-state index < -0.39 is 0 Å². The summed E-state index contributed by atoms with van der Waals surface area (Å²) in [6, 6.07) is 6.29. The largest absolute Gasteiger partial charge is 0.312 e. The van der Waals surface area contributed by atoms with Crippen LogP contribution in [0.1, 0.15) is 36.1 Å². The molecule has 1 fully saturated rings. The summed E-state index contributed by atoms with van der Waals surface area (Å²) < 4.78 is 0. The van der Waals surface area contributed by atoms with Crippen molar-refractivity contribution in [1.82, 2.24) is 4.98 Å². The Labute approximate surface area is 151 Å². The van der Waals surface area contributed by atoms with Gasteiger partial charge in [0.1, 0.15) is 0 Å². The van der Waals surface area contributed by atoms with Crippen LogP contribution in [-0.2, 0) is 22.4 Å². The zero-order valence-electron chi connectivity index (χ0n) is 14.3. The molecule has 0 bridgehead atoms. The summed E-state index contributed by atoms with van der Waals surface area (Å²) in [6.45, 7) is 3.58. The molecule has 25 heavy (non-hydrogen) atoms. The molecule has 0 spiro atoms. The van der Waals surface area contributed by atoms with Crippen LogP contribution in [0.3, 0.4) is 0 Å². The predicted molar refractivity (Wildman–Crippen MR) is 99.3 cm³/mol. The highest BCUT2D eigenvalue weighted by Gasteiger charge is 2.26. The number of hydrogen-bond acceptors (Lipinski definition) is 4. The van der Waals surface area contributed by atoms with Crippen LogP contribution >= 0.6 is 11.3 Å². The van der Waals surface area contributed by atoms with Gasteiger partial charge in [-0.3, -0.25) is 14.5 Å². The van der Waals surface area contributed by atoms with Crippen LogP contribution in [0.25, 0.3) is 0 Å². The maximum atomic E-state index is 12.8. The normalized spacial score (nSPS) is 17.1. The standard InChI is InChI=1S/C19H21N3O2S/c1-13-6-7-16-14(10-13)4-2-8-21(16)18(24)11-15-12-25-19(20-15)22-9-3-5-17(22)23/h6-7,10,12H,2-5,8-9,11H2,1H3. The quantitative estimate of drug-likeness (QED) is 0.850. The fraction of sp³-hybridized carbons (Fsp3) is 0.421. The number of hydrogen-bond donors (Lipinski definition) is 0. The summed E-state index contributed by atoms with van der Waals surface area (Å²) >= 11 is 1.45. The van der Waals surface area contributed by atoms with Crippen molar-refractivity contribution in [2.45, 2.75) is 39.0 Å². The number of aromatic nitrogens is 1. The topological polar surface area (TPSA) is 53.5 Å². The molecular formula is C19H21N3O2S. The van der Waals surface area contributed by atoms with E-state index in [1.54, 1.807) is 4.90 Å². The first-order valence-electron chi connectivity index (χ1n) is 8.76. The SMILES string of the molecule is Cc1ccc2c(c1)CCCN2C(=O)Cc1csc(N2CCCC2=O)n1. The lowest BCUT2D eigenvalue weighted by Crippen LogP contribution is -2.36. The second-order valence-corrected chi connectivity index (χ2v) is 7.56. The number of nitrogens with zero attached hydrogens (tertiary/aromatic N) is 3. The third kappa shape index (κ3) is 3.18. The van der Waals surface area contributed by atoms with Gasteiger partial charge in [0.2, 0.25) is 11.8 Å². The average Bonchev–Trinajstić information content (AvgIpc) is 3.22. The molecule has 1 aromatic heterocycles. The molecule has 6 heteroatoms. The van der Waals surface area contributed by atoms with Crippen LogP contribution in [0.5, 0.6) is 0 Å². The first kappa shape index (κ1) is 16.3. The van der Waals surface area contributed by atoms with Crippen LogP contribution in [0.4, 0.5) is 10.8 Å². The summed E-state index contributed by atoms with van der Waals surface area (Å²) in [6.07, 6.45) is 3.78. The molecule has 4 rings (SSSR count). The molecule has 0 atom stereocenters. The molecule has 0 aliphatic carbocycles. The lowest BCUT2D eigenvalue weighted by Gasteiger charge is -2.29. The number of aryl methyl sites for hydroxylation is 2. The minimum Gasteiger partial charge on any atom is -0.312 e.